The Morgan fingerprint density at radius 1 is 1.18 bits per heavy atom. The smallest absolute Gasteiger partial charge is 0.0147 e. The highest BCUT2D eigenvalue weighted by atomic mass is 15.0. The van der Waals surface area contributed by atoms with Gasteiger partial charge in [-0.3, -0.25) is 0 Å². The molecule has 1 aromatic carbocycles. The lowest BCUT2D eigenvalue weighted by Crippen LogP contribution is -2.58. The van der Waals surface area contributed by atoms with E-state index in [0.717, 1.165) is 5.92 Å². The Kier molecular flexibility index (Phi) is 2.01. The van der Waals surface area contributed by atoms with Crippen molar-refractivity contribution < 1.29 is 0 Å². The molecule has 3 atom stereocenters. The monoisotopic (exact) mass is 225 g/mol. The number of rotatable bonds is 0. The van der Waals surface area contributed by atoms with Gasteiger partial charge >= 0.3 is 0 Å². The zero-order valence-electron chi connectivity index (χ0n) is 10.2. The molecule has 17 heavy (non-hydrogen) atoms. The topological polar surface area (TPSA) is 12.0 Å². The van der Waals surface area contributed by atoms with Crippen LogP contribution in [0.25, 0.3) is 0 Å². The van der Waals surface area contributed by atoms with Crippen LogP contribution in [0.1, 0.15) is 30.4 Å². The Morgan fingerprint density at radius 2 is 2.12 bits per heavy atom. The highest BCUT2D eigenvalue weighted by Gasteiger charge is 2.50. The van der Waals surface area contributed by atoms with Crippen molar-refractivity contribution in [3.63, 3.8) is 0 Å². The fourth-order valence-electron chi connectivity index (χ4n) is 4.45. The summed E-state index contributed by atoms with van der Waals surface area (Å²) in [5, 5.41) is 3.75. The van der Waals surface area contributed by atoms with E-state index in [-0.39, 0.29) is 0 Å². The number of hydrogen-bond acceptors (Lipinski definition) is 1. The molecular weight excluding hydrogens is 206 g/mol. The molecule has 1 saturated heterocycles. The normalized spacial score (nSPS) is 38.4. The summed E-state index contributed by atoms with van der Waals surface area (Å²) >= 11 is 0. The third-order valence-electron chi connectivity index (χ3n) is 5.21. The van der Waals surface area contributed by atoms with E-state index in [1.807, 2.05) is 0 Å². The zero-order valence-corrected chi connectivity index (χ0v) is 10.2. The van der Waals surface area contributed by atoms with E-state index in [9.17, 15) is 0 Å². The van der Waals surface area contributed by atoms with Gasteiger partial charge in [-0.1, -0.05) is 36.4 Å². The molecule has 1 heterocycles. The maximum atomic E-state index is 3.75. The average Bonchev–Trinajstić information content (AvgIpc) is 2.39. The van der Waals surface area contributed by atoms with Crippen molar-refractivity contribution in [3.8, 4) is 0 Å². The fraction of sp³-hybridized carbons (Fsp3) is 0.500. The van der Waals surface area contributed by atoms with Crippen molar-refractivity contribution in [2.45, 2.75) is 37.1 Å². The average molecular weight is 225 g/mol. The number of hydrogen-bond donors (Lipinski definition) is 1. The molecule has 0 radical (unpaired) electrons. The Balaban J connectivity index is 1.94. The maximum Gasteiger partial charge on any atom is 0.0147 e. The van der Waals surface area contributed by atoms with Gasteiger partial charge in [-0.15, -0.1) is 0 Å². The molecule has 4 rings (SSSR count). The largest absolute Gasteiger partial charge is 0.313 e. The van der Waals surface area contributed by atoms with Gasteiger partial charge in [0.15, 0.2) is 0 Å². The van der Waals surface area contributed by atoms with Crippen LogP contribution < -0.4 is 5.32 Å². The summed E-state index contributed by atoms with van der Waals surface area (Å²) in [6.45, 7) is 1.20. The molecule has 1 fully saturated rings. The van der Waals surface area contributed by atoms with Crippen molar-refractivity contribution in [1.29, 1.82) is 0 Å². The highest BCUT2D eigenvalue weighted by Crippen LogP contribution is 2.51. The van der Waals surface area contributed by atoms with E-state index in [2.05, 4.69) is 41.7 Å². The second kappa shape index (κ2) is 3.46. The second-order valence-corrected chi connectivity index (χ2v) is 5.85. The SMILES string of the molecule is C1=CC[C@]23CCN[C@H](Cc4ccccc42)[C@@H]3C1. The molecule has 88 valence electrons. The van der Waals surface area contributed by atoms with E-state index < -0.39 is 0 Å². The molecule has 3 aliphatic rings. The minimum atomic E-state index is 0.458. The van der Waals surface area contributed by atoms with Gasteiger partial charge in [0.2, 0.25) is 0 Å². The third kappa shape index (κ3) is 1.23. The van der Waals surface area contributed by atoms with Crippen LogP contribution in [0.15, 0.2) is 36.4 Å². The molecule has 1 heteroatoms. The number of benzene rings is 1. The van der Waals surface area contributed by atoms with Crippen LogP contribution in [0.2, 0.25) is 0 Å². The zero-order chi connectivity index (χ0) is 11.3. The molecule has 2 bridgehead atoms. The van der Waals surface area contributed by atoms with Gasteiger partial charge in [-0.2, -0.15) is 0 Å². The van der Waals surface area contributed by atoms with E-state index in [4.69, 9.17) is 0 Å². The molecule has 1 nitrogen and oxygen atoms in total. The molecule has 1 N–H and O–H groups in total. The van der Waals surface area contributed by atoms with Crippen molar-refractivity contribution in [2.24, 2.45) is 5.92 Å². The molecule has 1 aliphatic heterocycles. The predicted octanol–water partition coefficient (Wildman–Crippen LogP) is 2.81. The first-order valence-corrected chi connectivity index (χ1v) is 6.87. The lowest BCUT2D eigenvalue weighted by Gasteiger charge is -2.54. The van der Waals surface area contributed by atoms with Crippen LogP contribution >= 0.6 is 0 Å². The van der Waals surface area contributed by atoms with E-state index >= 15 is 0 Å². The van der Waals surface area contributed by atoms with E-state index in [1.54, 1.807) is 11.1 Å². The van der Waals surface area contributed by atoms with Crippen molar-refractivity contribution in [3.05, 3.63) is 47.5 Å². The number of piperidine rings is 1. The van der Waals surface area contributed by atoms with Crippen LogP contribution in [-0.4, -0.2) is 12.6 Å². The molecule has 0 saturated carbocycles. The second-order valence-electron chi connectivity index (χ2n) is 5.85. The number of fused-ring (bicyclic) bond motifs is 1. The summed E-state index contributed by atoms with van der Waals surface area (Å²) in [5.74, 6) is 0.830. The van der Waals surface area contributed by atoms with Crippen molar-refractivity contribution in [1.82, 2.24) is 5.32 Å². The Morgan fingerprint density at radius 3 is 3.12 bits per heavy atom. The molecular formula is C16H19N. The van der Waals surface area contributed by atoms with Crippen LogP contribution in [0, 0.1) is 5.92 Å². The van der Waals surface area contributed by atoms with Gasteiger partial charge in [0.1, 0.15) is 0 Å². The van der Waals surface area contributed by atoms with Crippen LogP contribution in [0.3, 0.4) is 0 Å². The molecule has 0 amide bonds. The molecule has 0 spiro atoms. The molecule has 1 aromatic rings. The van der Waals surface area contributed by atoms with Crippen LogP contribution in [-0.2, 0) is 11.8 Å². The van der Waals surface area contributed by atoms with E-state index in [0.29, 0.717) is 11.5 Å². The first-order valence-electron chi connectivity index (χ1n) is 6.87. The van der Waals surface area contributed by atoms with Crippen molar-refractivity contribution >= 4 is 0 Å². The van der Waals surface area contributed by atoms with Gasteiger partial charge < -0.3 is 5.32 Å². The van der Waals surface area contributed by atoms with Crippen LogP contribution in [0.5, 0.6) is 0 Å². The summed E-state index contributed by atoms with van der Waals surface area (Å²) in [6.07, 6.45) is 9.89. The van der Waals surface area contributed by atoms with Crippen molar-refractivity contribution in [2.75, 3.05) is 6.54 Å². The minimum Gasteiger partial charge on any atom is -0.313 e. The lowest BCUT2D eigenvalue weighted by molar-refractivity contribution is 0.123. The first kappa shape index (κ1) is 9.90. The predicted molar refractivity (Wildman–Crippen MR) is 70.1 cm³/mol. The van der Waals surface area contributed by atoms with Gasteiger partial charge in [0, 0.05) is 11.5 Å². The Labute approximate surface area is 103 Å². The van der Waals surface area contributed by atoms with Gasteiger partial charge in [-0.05, 0) is 49.3 Å². The third-order valence-corrected chi connectivity index (χ3v) is 5.21. The Bertz CT molecular complexity index is 476. The summed E-state index contributed by atoms with van der Waals surface area (Å²) in [4.78, 5) is 0. The number of nitrogens with one attached hydrogen (secondary N) is 1. The summed E-state index contributed by atoms with van der Waals surface area (Å²) in [5.41, 5.74) is 3.71. The van der Waals surface area contributed by atoms with Gasteiger partial charge in [0.25, 0.3) is 0 Å². The van der Waals surface area contributed by atoms with Gasteiger partial charge in [0.05, 0.1) is 0 Å². The van der Waals surface area contributed by atoms with E-state index in [1.165, 1.54) is 32.2 Å². The van der Waals surface area contributed by atoms with Gasteiger partial charge in [-0.25, -0.2) is 0 Å². The summed E-state index contributed by atoms with van der Waals surface area (Å²) in [7, 11) is 0. The first-order chi connectivity index (χ1) is 8.40. The fourth-order valence-corrected chi connectivity index (χ4v) is 4.45. The Hall–Kier alpha value is -1.08. The molecule has 2 aliphatic carbocycles. The maximum absolute atomic E-state index is 3.75. The summed E-state index contributed by atoms with van der Waals surface area (Å²) in [6, 6.07) is 9.87. The minimum absolute atomic E-state index is 0.458. The molecule has 0 aromatic heterocycles. The quantitative estimate of drug-likeness (QED) is 0.669. The highest BCUT2D eigenvalue weighted by molar-refractivity contribution is 5.42. The number of allylic oxidation sites excluding steroid dienone is 2. The van der Waals surface area contributed by atoms with Crippen LogP contribution in [0.4, 0.5) is 0 Å². The standard InChI is InChI=1S/C16H19N/c1-2-6-13-12(5-1)11-15-14-7-3-4-8-16(13,14)9-10-17-15/h1-6,14-15,17H,7-11H2/t14-,15+,16-/m0/s1. The summed E-state index contributed by atoms with van der Waals surface area (Å²) < 4.78 is 0. The molecule has 0 unspecified atom stereocenters. The lowest BCUT2D eigenvalue weighted by atomic mass is 9.54.